The van der Waals surface area contributed by atoms with Gasteiger partial charge in [-0.1, -0.05) is 166 Å². The lowest BCUT2D eigenvalue weighted by Gasteiger charge is -2.32. The van der Waals surface area contributed by atoms with Crippen molar-refractivity contribution in [2.24, 2.45) is 0 Å². The Labute approximate surface area is 376 Å². The van der Waals surface area contributed by atoms with Crippen LogP contribution in [0.4, 0.5) is 0 Å². The molecule has 0 fully saturated rings. The number of imidazole rings is 1. The van der Waals surface area contributed by atoms with Crippen molar-refractivity contribution in [1.82, 2.24) is 4.57 Å². The fourth-order valence-corrected chi connectivity index (χ4v) is 12.1. The standard InChI is InChI=1S/C59H51N3OSi/c1-38-27-33-52-54(35-38)61-39(2)36-53-48(46-21-12-13-22-47(46)51-34-30-43(37-60(51)53)64(3,4)5)31-28-42-29-32-50-49-23-14-15-26-55(49)63-58(50)56(42)59(61)62(52)57-44(40-17-8-6-9-18-40)24-16-25-45(57)41-19-10-7-11-20-41/h6-27,29-30,32-35,37,48,53H,2,28,31,36H2,1,3-5H3/q+2. The monoisotopic (exact) mass is 845 g/mol. The third-order valence-electron chi connectivity index (χ3n) is 14.1. The van der Waals surface area contributed by atoms with Crippen molar-refractivity contribution >= 4 is 51.9 Å². The van der Waals surface area contributed by atoms with E-state index >= 15 is 0 Å². The number of nitrogens with zero attached hydrogens (tertiary/aromatic N) is 3. The van der Waals surface area contributed by atoms with Crippen LogP contribution in [0.1, 0.15) is 41.5 Å². The maximum atomic E-state index is 7.15. The zero-order chi connectivity index (χ0) is 43.3. The molecule has 0 spiro atoms. The summed E-state index contributed by atoms with van der Waals surface area (Å²) in [6.45, 7) is 14.8. The van der Waals surface area contributed by atoms with Crippen LogP contribution in [-0.2, 0) is 6.42 Å². The molecular formula is C59H51N3OSi+2. The highest BCUT2D eigenvalue weighted by Crippen LogP contribution is 2.48. The van der Waals surface area contributed by atoms with Gasteiger partial charge in [-0.05, 0) is 71.8 Å². The highest BCUT2D eigenvalue weighted by atomic mass is 28.3. The zero-order valence-corrected chi connectivity index (χ0v) is 38.0. The Bertz CT molecular complexity index is 3440. The van der Waals surface area contributed by atoms with Gasteiger partial charge in [0.15, 0.2) is 28.9 Å². The fourth-order valence-electron chi connectivity index (χ4n) is 11.0. The minimum atomic E-state index is -1.65. The summed E-state index contributed by atoms with van der Waals surface area (Å²) in [6.07, 6.45) is 5.14. The highest BCUT2D eigenvalue weighted by Gasteiger charge is 2.45. The Balaban J connectivity index is 1.23. The van der Waals surface area contributed by atoms with Gasteiger partial charge < -0.3 is 4.42 Å². The average Bonchev–Trinajstić information content (AvgIpc) is 3.86. The van der Waals surface area contributed by atoms with E-state index in [0.717, 1.165) is 86.1 Å². The van der Waals surface area contributed by atoms with Gasteiger partial charge in [-0.3, -0.25) is 0 Å². The summed E-state index contributed by atoms with van der Waals surface area (Å²) < 4.78 is 14.9. The minimum Gasteiger partial charge on any atom is -0.455 e. The van der Waals surface area contributed by atoms with Crippen LogP contribution in [0.15, 0.2) is 187 Å². The lowest BCUT2D eigenvalue weighted by Crippen LogP contribution is -2.53. The SMILES string of the molecule is C=C1CC2C(CCc3ccc4c(oc5ccccc54)c3-c3n(-c4c(-c5ccccc5)cccc4-c4ccccc4)c4ccc(C)cc4[n+]31)c1ccccc1-c1ccc([Si](C)(C)C)c[n+]12. The number of para-hydroxylation sites is 2. The molecule has 0 N–H and O–H groups in total. The summed E-state index contributed by atoms with van der Waals surface area (Å²) in [6, 6.07) is 62.9. The molecule has 0 amide bonds. The molecule has 0 radical (unpaired) electrons. The number of aryl methyl sites for hydroxylation is 2. The van der Waals surface area contributed by atoms with E-state index in [1.165, 1.54) is 44.3 Å². The number of rotatable bonds is 4. The van der Waals surface area contributed by atoms with Crippen molar-refractivity contribution in [3.8, 4) is 50.6 Å². The van der Waals surface area contributed by atoms with Crippen LogP contribution in [0.5, 0.6) is 0 Å². The number of benzene rings is 7. The molecule has 2 aliphatic rings. The van der Waals surface area contributed by atoms with Gasteiger partial charge in [-0.25, -0.2) is 0 Å². The van der Waals surface area contributed by atoms with E-state index in [-0.39, 0.29) is 12.0 Å². The van der Waals surface area contributed by atoms with E-state index in [2.05, 4.69) is 216 Å². The van der Waals surface area contributed by atoms with E-state index < -0.39 is 8.07 Å². The molecule has 0 saturated carbocycles. The molecule has 12 rings (SSSR count). The summed E-state index contributed by atoms with van der Waals surface area (Å²) in [4.78, 5) is 0. The predicted octanol–water partition coefficient (Wildman–Crippen LogP) is 13.8. The van der Waals surface area contributed by atoms with Crippen LogP contribution < -0.4 is 14.3 Å². The van der Waals surface area contributed by atoms with Crippen LogP contribution in [0.2, 0.25) is 19.6 Å². The second-order valence-corrected chi connectivity index (χ2v) is 24.1. The quantitative estimate of drug-likeness (QED) is 0.128. The van der Waals surface area contributed by atoms with E-state index in [9.17, 15) is 0 Å². The molecule has 7 aromatic carbocycles. The molecule has 0 saturated heterocycles. The average molecular weight is 846 g/mol. The summed E-state index contributed by atoms with van der Waals surface area (Å²) in [5.41, 5.74) is 18.6. The van der Waals surface area contributed by atoms with Crippen LogP contribution in [0.3, 0.4) is 0 Å². The van der Waals surface area contributed by atoms with Crippen LogP contribution in [0, 0.1) is 6.92 Å². The lowest BCUT2D eigenvalue weighted by atomic mass is 9.77. The van der Waals surface area contributed by atoms with Gasteiger partial charge in [0.05, 0.1) is 14.5 Å². The number of hydrogen-bond acceptors (Lipinski definition) is 1. The lowest BCUT2D eigenvalue weighted by molar-refractivity contribution is -0.719. The number of furan rings is 1. The molecule has 5 heterocycles. The van der Waals surface area contributed by atoms with Gasteiger partial charge in [-0.2, -0.15) is 13.7 Å². The Kier molecular flexibility index (Phi) is 8.89. The van der Waals surface area contributed by atoms with Crippen molar-refractivity contribution in [3.05, 3.63) is 199 Å². The van der Waals surface area contributed by atoms with Gasteiger partial charge in [-0.15, -0.1) is 0 Å². The van der Waals surface area contributed by atoms with Crippen molar-refractivity contribution in [2.45, 2.75) is 57.8 Å². The number of aromatic nitrogens is 3. The first-order chi connectivity index (χ1) is 31.2. The third-order valence-corrected chi connectivity index (χ3v) is 16.1. The first-order valence-electron chi connectivity index (χ1n) is 22.8. The van der Waals surface area contributed by atoms with E-state index in [4.69, 9.17) is 11.0 Å². The largest absolute Gasteiger partial charge is 0.455 e. The Hall–Kier alpha value is -7.08. The Morgan fingerprint density at radius 2 is 1.36 bits per heavy atom. The maximum Gasteiger partial charge on any atom is 0.304 e. The molecule has 10 aromatic rings. The van der Waals surface area contributed by atoms with Gasteiger partial charge in [0.2, 0.25) is 5.69 Å². The van der Waals surface area contributed by atoms with Gasteiger partial charge in [0.25, 0.3) is 0 Å². The molecule has 64 heavy (non-hydrogen) atoms. The zero-order valence-electron chi connectivity index (χ0n) is 37.0. The van der Waals surface area contributed by atoms with Crippen molar-refractivity contribution in [2.75, 3.05) is 0 Å². The Morgan fingerprint density at radius 1 is 0.672 bits per heavy atom. The second-order valence-electron chi connectivity index (χ2n) is 19.0. The molecule has 2 atom stereocenters. The summed E-state index contributed by atoms with van der Waals surface area (Å²) in [5, 5.41) is 3.73. The number of pyridine rings is 1. The van der Waals surface area contributed by atoms with E-state index in [0.29, 0.717) is 0 Å². The van der Waals surface area contributed by atoms with Crippen molar-refractivity contribution in [3.63, 3.8) is 0 Å². The van der Waals surface area contributed by atoms with Crippen LogP contribution in [0.25, 0.3) is 89.3 Å². The van der Waals surface area contributed by atoms with Gasteiger partial charge in [0, 0.05) is 44.6 Å². The molecule has 5 heteroatoms. The maximum absolute atomic E-state index is 7.15. The molecule has 0 bridgehead atoms. The normalized spacial score (nSPS) is 16.0. The van der Waals surface area contributed by atoms with Crippen molar-refractivity contribution < 1.29 is 13.6 Å². The van der Waals surface area contributed by atoms with Crippen LogP contribution in [-0.4, -0.2) is 12.6 Å². The van der Waals surface area contributed by atoms with Gasteiger partial charge in [0.1, 0.15) is 22.5 Å². The topological polar surface area (TPSA) is 25.8 Å². The summed E-state index contributed by atoms with van der Waals surface area (Å²) >= 11 is 0. The molecule has 4 nitrogen and oxygen atoms in total. The molecule has 0 aliphatic carbocycles. The smallest absolute Gasteiger partial charge is 0.304 e. The summed E-state index contributed by atoms with van der Waals surface area (Å²) in [7, 11) is -1.65. The second kappa shape index (κ2) is 14.8. The molecule has 3 aromatic heterocycles. The number of fused-ring (bicyclic) bond motifs is 15. The first-order valence-corrected chi connectivity index (χ1v) is 26.3. The highest BCUT2D eigenvalue weighted by molar-refractivity contribution is 6.88. The molecular weight excluding hydrogens is 795 g/mol. The first kappa shape index (κ1) is 38.6. The summed E-state index contributed by atoms with van der Waals surface area (Å²) in [5.74, 6) is 1.34. The Morgan fingerprint density at radius 3 is 2.11 bits per heavy atom. The molecule has 2 aliphatic heterocycles. The fraction of sp³-hybridized carbons (Fsp3) is 0.153. The van der Waals surface area contributed by atoms with Crippen LogP contribution >= 0.6 is 0 Å². The third kappa shape index (κ3) is 6.01. The van der Waals surface area contributed by atoms with Crippen molar-refractivity contribution in [1.29, 1.82) is 0 Å². The predicted molar refractivity (Wildman–Crippen MR) is 267 cm³/mol. The van der Waals surface area contributed by atoms with E-state index in [1.54, 1.807) is 0 Å². The number of allylic oxidation sites excluding steroid dienone is 1. The minimum absolute atomic E-state index is 0.158. The van der Waals surface area contributed by atoms with E-state index in [1.807, 2.05) is 0 Å². The van der Waals surface area contributed by atoms with Gasteiger partial charge >= 0.3 is 5.82 Å². The number of hydrogen-bond donors (Lipinski definition) is 0. The molecule has 2 unspecified atom stereocenters. The molecule has 310 valence electrons.